The zero-order chi connectivity index (χ0) is 20.2. The van der Waals surface area contributed by atoms with Crippen LogP contribution in [0.3, 0.4) is 0 Å². The Hall–Kier alpha value is -4.17. The second-order valence-electron chi connectivity index (χ2n) is 6.38. The molecule has 0 atom stereocenters. The van der Waals surface area contributed by atoms with Gasteiger partial charge in [0.1, 0.15) is 34.8 Å². The molecule has 4 rings (SSSR count). The number of para-hydroxylation sites is 1. The standard InChI is InChI=1S/C24H16FN3O/c25-18-6-4-5-17(13-18)21-14-23(28-24(27)22(21)15-26)16-9-11-20(12-10-16)29-19-7-2-1-3-8-19/h1-14H,(H2,27,28). The lowest BCUT2D eigenvalue weighted by Crippen LogP contribution is -2.00. The van der Waals surface area contributed by atoms with Crippen LogP contribution in [0.1, 0.15) is 5.56 Å². The minimum atomic E-state index is -0.384. The van der Waals surface area contributed by atoms with Crippen LogP contribution in [0, 0.1) is 17.1 Å². The van der Waals surface area contributed by atoms with Crippen LogP contribution in [0.25, 0.3) is 22.4 Å². The zero-order valence-electron chi connectivity index (χ0n) is 15.3. The zero-order valence-corrected chi connectivity index (χ0v) is 15.3. The van der Waals surface area contributed by atoms with Crippen molar-refractivity contribution in [2.24, 2.45) is 0 Å². The Morgan fingerprint density at radius 2 is 1.55 bits per heavy atom. The van der Waals surface area contributed by atoms with Crippen molar-refractivity contribution in [2.75, 3.05) is 5.73 Å². The molecule has 3 aromatic carbocycles. The molecule has 0 bridgehead atoms. The molecule has 0 saturated carbocycles. The van der Waals surface area contributed by atoms with Gasteiger partial charge in [0.15, 0.2) is 0 Å². The molecule has 4 nitrogen and oxygen atoms in total. The highest BCUT2D eigenvalue weighted by Gasteiger charge is 2.14. The number of aromatic nitrogens is 1. The van der Waals surface area contributed by atoms with Crippen LogP contribution in [0.2, 0.25) is 0 Å². The van der Waals surface area contributed by atoms with Crippen LogP contribution in [-0.4, -0.2) is 4.98 Å². The maximum absolute atomic E-state index is 13.7. The molecule has 2 N–H and O–H groups in total. The molecule has 5 heteroatoms. The van der Waals surface area contributed by atoms with Gasteiger partial charge in [-0.1, -0.05) is 30.3 Å². The summed E-state index contributed by atoms with van der Waals surface area (Å²) in [6, 6.07) is 26.7. The maximum Gasteiger partial charge on any atom is 0.142 e. The van der Waals surface area contributed by atoms with E-state index in [1.807, 2.05) is 54.6 Å². The van der Waals surface area contributed by atoms with Crippen molar-refractivity contribution in [3.8, 4) is 40.0 Å². The Kier molecular flexibility index (Phi) is 4.91. The molecule has 0 aliphatic heterocycles. The number of rotatable bonds is 4. The van der Waals surface area contributed by atoms with Gasteiger partial charge in [-0.25, -0.2) is 9.37 Å². The van der Waals surface area contributed by atoms with E-state index in [9.17, 15) is 9.65 Å². The lowest BCUT2D eigenvalue weighted by atomic mass is 9.98. The summed E-state index contributed by atoms with van der Waals surface area (Å²) >= 11 is 0. The smallest absolute Gasteiger partial charge is 0.142 e. The third-order valence-corrected chi connectivity index (χ3v) is 4.42. The van der Waals surface area contributed by atoms with Crippen molar-refractivity contribution in [1.29, 1.82) is 5.26 Å². The number of pyridine rings is 1. The van der Waals surface area contributed by atoms with E-state index in [4.69, 9.17) is 10.5 Å². The first-order valence-electron chi connectivity index (χ1n) is 8.94. The fourth-order valence-corrected chi connectivity index (χ4v) is 3.03. The lowest BCUT2D eigenvalue weighted by molar-refractivity contribution is 0.483. The summed E-state index contributed by atoms with van der Waals surface area (Å²) in [5.74, 6) is 1.15. The molecule has 0 fully saturated rings. The lowest BCUT2D eigenvalue weighted by Gasteiger charge is -2.11. The number of nitrogens with two attached hydrogens (primary N) is 1. The van der Waals surface area contributed by atoms with E-state index in [1.54, 1.807) is 18.2 Å². The molecule has 1 aromatic heterocycles. The highest BCUT2D eigenvalue weighted by atomic mass is 19.1. The first kappa shape index (κ1) is 18.2. The molecule has 0 saturated heterocycles. The summed E-state index contributed by atoms with van der Waals surface area (Å²) in [5, 5.41) is 9.49. The molecule has 29 heavy (non-hydrogen) atoms. The van der Waals surface area contributed by atoms with Gasteiger partial charge in [-0.2, -0.15) is 5.26 Å². The third-order valence-electron chi connectivity index (χ3n) is 4.42. The number of hydrogen-bond donors (Lipinski definition) is 1. The second kappa shape index (κ2) is 7.83. The Bertz CT molecular complexity index is 1200. The molecule has 140 valence electrons. The van der Waals surface area contributed by atoms with E-state index in [0.717, 1.165) is 11.3 Å². The molecule has 0 aliphatic carbocycles. The summed E-state index contributed by atoms with van der Waals surface area (Å²) in [6.07, 6.45) is 0. The third kappa shape index (κ3) is 3.92. The highest BCUT2D eigenvalue weighted by Crippen LogP contribution is 2.32. The molecular formula is C24H16FN3O. The van der Waals surface area contributed by atoms with Crippen LogP contribution in [0.4, 0.5) is 10.2 Å². The average molecular weight is 381 g/mol. The van der Waals surface area contributed by atoms with Gasteiger partial charge >= 0.3 is 0 Å². The monoisotopic (exact) mass is 381 g/mol. The Labute approximate surface area is 167 Å². The van der Waals surface area contributed by atoms with Gasteiger partial charge in [0, 0.05) is 11.1 Å². The maximum atomic E-state index is 13.7. The number of nitrogens with zero attached hydrogens (tertiary/aromatic N) is 2. The van der Waals surface area contributed by atoms with Crippen molar-refractivity contribution >= 4 is 5.82 Å². The van der Waals surface area contributed by atoms with Gasteiger partial charge < -0.3 is 10.5 Å². The van der Waals surface area contributed by atoms with E-state index >= 15 is 0 Å². The quantitative estimate of drug-likeness (QED) is 0.485. The molecule has 4 aromatic rings. The second-order valence-corrected chi connectivity index (χ2v) is 6.38. The van der Waals surface area contributed by atoms with E-state index in [-0.39, 0.29) is 17.2 Å². The van der Waals surface area contributed by atoms with Crippen LogP contribution in [0.15, 0.2) is 84.9 Å². The summed E-state index contributed by atoms with van der Waals surface area (Å²) < 4.78 is 19.5. The number of halogens is 1. The van der Waals surface area contributed by atoms with Crippen molar-refractivity contribution in [3.63, 3.8) is 0 Å². The minimum absolute atomic E-state index is 0.105. The SMILES string of the molecule is N#Cc1c(-c2cccc(F)c2)cc(-c2ccc(Oc3ccccc3)cc2)nc1N. The highest BCUT2D eigenvalue weighted by molar-refractivity contribution is 5.80. The average Bonchev–Trinajstić information content (AvgIpc) is 2.74. The molecular weight excluding hydrogens is 365 g/mol. The number of benzene rings is 3. The van der Waals surface area contributed by atoms with Crippen LogP contribution in [-0.2, 0) is 0 Å². The van der Waals surface area contributed by atoms with E-state index in [2.05, 4.69) is 11.1 Å². The van der Waals surface area contributed by atoms with Gasteiger partial charge in [0.2, 0.25) is 0 Å². The van der Waals surface area contributed by atoms with Crippen molar-refractivity contribution in [2.45, 2.75) is 0 Å². The summed E-state index contributed by atoms with van der Waals surface area (Å²) in [5.41, 5.74) is 8.76. The summed E-state index contributed by atoms with van der Waals surface area (Å²) in [4.78, 5) is 4.36. The molecule has 0 spiro atoms. The van der Waals surface area contributed by atoms with Gasteiger partial charge in [-0.3, -0.25) is 0 Å². The summed E-state index contributed by atoms with van der Waals surface area (Å²) in [7, 11) is 0. The van der Waals surface area contributed by atoms with Gasteiger partial charge in [-0.05, 0) is 60.2 Å². The Morgan fingerprint density at radius 1 is 0.828 bits per heavy atom. The largest absolute Gasteiger partial charge is 0.457 e. The fourth-order valence-electron chi connectivity index (χ4n) is 3.03. The predicted octanol–water partition coefficient (Wildman–Crippen LogP) is 5.80. The number of nitrogen functional groups attached to an aromatic ring is 1. The Balaban J connectivity index is 1.71. The first-order valence-corrected chi connectivity index (χ1v) is 8.94. The van der Waals surface area contributed by atoms with Crippen molar-refractivity contribution < 1.29 is 9.13 Å². The molecule has 0 unspecified atom stereocenters. The number of anilines is 1. The molecule has 0 radical (unpaired) electrons. The number of ether oxygens (including phenoxy) is 1. The predicted molar refractivity (Wildman–Crippen MR) is 111 cm³/mol. The minimum Gasteiger partial charge on any atom is -0.457 e. The number of nitriles is 1. The van der Waals surface area contributed by atoms with E-state index < -0.39 is 0 Å². The fraction of sp³-hybridized carbons (Fsp3) is 0. The van der Waals surface area contributed by atoms with Crippen LogP contribution >= 0.6 is 0 Å². The topological polar surface area (TPSA) is 71.9 Å². The molecule has 0 aliphatic rings. The summed E-state index contributed by atoms with van der Waals surface area (Å²) in [6.45, 7) is 0. The molecule has 1 heterocycles. The molecule has 0 amide bonds. The van der Waals surface area contributed by atoms with Crippen LogP contribution in [0.5, 0.6) is 11.5 Å². The van der Waals surface area contributed by atoms with Crippen molar-refractivity contribution in [1.82, 2.24) is 4.98 Å². The van der Waals surface area contributed by atoms with Crippen molar-refractivity contribution in [3.05, 3.63) is 96.3 Å². The van der Waals surface area contributed by atoms with Gasteiger partial charge in [0.05, 0.1) is 5.69 Å². The van der Waals surface area contributed by atoms with Gasteiger partial charge in [-0.15, -0.1) is 0 Å². The Morgan fingerprint density at radius 3 is 2.24 bits per heavy atom. The van der Waals surface area contributed by atoms with Gasteiger partial charge in [0.25, 0.3) is 0 Å². The number of hydrogen-bond acceptors (Lipinski definition) is 4. The van der Waals surface area contributed by atoms with E-state index in [1.165, 1.54) is 12.1 Å². The van der Waals surface area contributed by atoms with E-state index in [0.29, 0.717) is 22.6 Å². The first-order chi connectivity index (χ1) is 14.1. The van der Waals surface area contributed by atoms with Crippen LogP contribution < -0.4 is 10.5 Å². The normalized spacial score (nSPS) is 10.3.